The second-order valence-corrected chi connectivity index (χ2v) is 7.46. The summed E-state index contributed by atoms with van der Waals surface area (Å²) in [4.78, 5) is 0. The zero-order valence-electron chi connectivity index (χ0n) is 15.1. The van der Waals surface area contributed by atoms with Crippen LogP contribution in [-0.4, -0.2) is 22.7 Å². The molecular weight excluding hydrogens is 426 g/mol. The van der Waals surface area contributed by atoms with Crippen LogP contribution in [0.15, 0.2) is 42.5 Å². The zero-order chi connectivity index (χ0) is 20.6. The maximum atomic E-state index is 12.4. The van der Waals surface area contributed by atoms with Gasteiger partial charge in [-0.1, -0.05) is 29.3 Å². The van der Waals surface area contributed by atoms with Gasteiger partial charge in [-0.05, 0) is 55.7 Å². The molecule has 0 saturated carbocycles. The van der Waals surface area contributed by atoms with Crippen LogP contribution in [0.1, 0.15) is 18.4 Å². The molecule has 29 heavy (non-hydrogen) atoms. The van der Waals surface area contributed by atoms with Gasteiger partial charge in [0.2, 0.25) is 0 Å². The van der Waals surface area contributed by atoms with E-state index in [2.05, 4.69) is 10.1 Å². The van der Waals surface area contributed by atoms with E-state index in [4.69, 9.17) is 28.3 Å². The first-order valence-corrected chi connectivity index (χ1v) is 9.75. The second kappa shape index (κ2) is 7.80. The molecule has 0 unspecified atom stereocenters. The minimum Gasteiger partial charge on any atom is -0.406 e. The minimum absolute atomic E-state index is 0.280. The van der Waals surface area contributed by atoms with Gasteiger partial charge in [0.1, 0.15) is 11.6 Å². The lowest BCUT2D eigenvalue weighted by molar-refractivity contribution is -0.274. The summed E-state index contributed by atoms with van der Waals surface area (Å²) in [6.45, 7) is 0.786. The minimum atomic E-state index is -4.73. The average molecular weight is 442 g/mol. The van der Waals surface area contributed by atoms with Crippen LogP contribution in [0.3, 0.4) is 0 Å². The third-order valence-electron chi connectivity index (χ3n) is 4.64. The molecule has 0 spiro atoms. The molecule has 3 aromatic rings. The topological polar surface area (TPSA) is 39.1 Å². The van der Waals surface area contributed by atoms with E-state index in [-0.39, 0.29) is 5.75 Å². The number of ether oxygens (including phenoxy) is 1. The van der Waals surface area contributed by atoms with Gasteiger partial charge in [0.15, 0.2) is 0 Å². The number of nitrogens with one attached hydrogen (secondary N) is 1. The van der Waals surface area contributed by atoms with Crippen LogP contribution < -0.4 is 10.1 Å². The van der Waals surface area contributed by atoms with E-state index < -0.39 is 6.36 Å². The molecule has 0 bridgehead atoms. The van der Waals surface area contributed by atoms with Crippen molar-refractivity contribution in [3.63, 3.8) is 0 Å². The maximum absolute atomic E-state index is 12.4. The highest BCUT2D eigenvalue weighted by molar-refractivity contribution is 6.42. The molecule has 2 heterocycles. The van der Waals surface area contributed by atoms with E-state index in [1.54, 1.807) is 28.9 Å². The van der Waals surface area contributed by atoms with Crippen LogP contribution in [0.2, 0.25) is 10.0 Å². The van der Waals surface area contributed by atoms with Gasteiger partial charge < -0.3 is 10.1 Å². The number of halogens is 5. The van der Waals surface area contributed by atoms with Gasteiger partial charge in [0.25, 0.3) is 0 Å². The van der Waals surface area contributed by atoms with Gasteiger partial charge in [-0.25, -0.2) is 4.68 Å². The van der Waals surface area contributed by atoms with Crippen LogP contribution in [0.5, 0.6) is 5.75 Å². The van der Waals surface area contributed by atoms with Crippen molar-refractivity contribution in [2.75, 3.05) is 11.9 Å². The Hall–Kier alpha value is -2.38. The standard InChI is InChI=1S/C20H16Cl2F3N3O/c21-16-9-4-12(11-17(16)22)18-15-3-1-2-10-26-19(15)28(27-18)13-5-7-14(8-6-13)29-20(23,24)25/h4-9,11,26H,1-3,10H2. The van der Waals surface area contributed by atoms with Crippen molar-refractivity contribution in [3.05, 3.63) is 58.1 Å². The Kier molecular flexibility index (Phi) is 5.36. The molecule has 1 aliphatic heterocycles. The largest absolute Gasteiger partial charge is 0.573 e. The summed E-state index contributed by atoms with van der Waals surface area (Å²) in [5, 5.41) is 9.02. The van der Waals surface area contributed by atoms with E-state index in [1.807, 2.05) is 6.07 Å². The third kappa shape index (κ3) is 4.31. The van der Waals surface area contributed by atoms with Crippen molar-refractivity contribution in [2.45, 2.75) is 25.6 Å². The molecule has 1 aromatic heterocycles. The highest BCUT2D eigenvalue weighted by Gasteiger charge is 2.31. The lowest BCUT2D eigenvalue weighted by Crippen LogP contribution is -2.17. The number of hydrogen-bond acceptors (Lipinski definition) is 3. The van der Waals surface area contributed by atoms with Gasteiger partial charge in [-0.2, -0.15) is 5.10 Å². The van der Waals surface area contributed by atoms with E-state index in [1.165, 1.54) is 12.1 Å². The summed E-state index contributed by atoms with van der Waals surface area (Å²) in [6, 6.07) is 11.0. The zero-order valence-corrected chi connectivity index (χ0v) is 16.6. The molecule has 0 fully saturated rings. The fraction of sp³-hybridized carbons (Fsp3) is 0.250. The number of benzene rings is 2. The second-order valence-electron chi connectivity index (χ2n) is 6.64. The quantitative estimate of drug-likeness (QED) is 0.504. The van der Waals surface area contributed by atoms with Gasteiger partial charge in [0.05, 0.1) is 21.4 Å². The summed E-state index contributed by atoms with van der Waals surface area (Å²) in [5.41, 5.74) is 3.26. The number of alkyl halides is 3. The van der Waals surface area contributed by atoms with Gasteiger partial charge in [-0.3, -0.25) is 0 Å². The van der Waals surface area contributed by atoms with E-state index >= 15 is 0 Å². The van der Waals surface area contributed by atoms with Crippen LogP contribution in [0.25, 0.3) is 16.9 Å². The summed E-state index contributed by atoms with van der Waals surface area (Å²) >= 11 is 12.2. The SMILES string of the molecule is FC(F)(F)Oc1ccc(-n2nc(-c3ccc(Cl)c(Cl)c3)c3c2NCCCC3)cc1. The smallest absolute Gasteiger partial charge is 0.406 e. The first kappa shape index (κ1) is 19.9. The molecule has 4 nitrogen and oxygen atoms in total. The van der Waals surface area contributed by atoms with Crippen LogP contribution in [-0.2, 0) is 6.42 Å². The highest BCUT2D eigenvalue weighted by atomic mass is 35.5. The van der Waals surface area contributed by atoms with E-state index in [0.29, 0.717) is 15.7 Å². The number of fused-ring (bicyclic) bond motifs is 1. The Balaban J connectivity index is 1.77. The molecule has 1 aliphatic rings. The molecule has 152 valence electrons. The number of aromatic nitrogens is 2. The van der Waals surface area contributed by atoms with E-state index in [0.717, 1.165) is 48.4 Å². The molecular formula is C20H16Cl2F3N3O. The molecule has 2 aromatic carbocycles. The van der Waals surface area contributed by atoms with Crippen molar-refractivity contribution in [1.82, 2.24) is 9.78 Å². The Labute approximate surface area is 175 Å². The molecule has 0 aliphatic carbocycles. The van der Waals surface area contributed by atoms with E-state index in [9.17, 15) is 13.2 Å². The fourth-order valence-corrected chi connectivity index (χ4v) is 3.65. The lowest BCUT2D eigenvalue weighted by atomic mass is 10.0. The molecule has 0 saturated heterocycles. The summed E-state index contributed by atoms with van der Waals surface area (Å²) < 4.78 is 42.9. The third-order valence-corrected chi connectivity index (χ3v) is 5.38. The maximum Gasteiger partial charge on any atom is 0.573 e. The van der Waals surface area contributed by atoms with Crippen molar-refractivity contribution in [3.8, 4) is 22.7 Å². The number of hydrogen-bond donors (Lipinski definition) is 1. The molecule has 9 heteroatoms. The predicted octanol–water partition coefficient (Wildman–Crippen LogP) is 6.49. The van der Waals surface area contributed by atoms with Crippen molar-refractivity contribution >= 4 is 29.0 Å². The van der Waals surface area contributed by atoms with Crippen molar-refractivity contribution in [1.29, 1.82) is 0 Å². The molecule has 1 N–H and O–H groups in total. The average Bonchev–Trinajstić information content (AvgIpc) is 2.85. The van der Waals surface area contributed by atoms with Gasteiger partial charge in [0, 0.05) is 17.7 Å². The summed E-state index contributed by atoms with van der Waals surface area (Å²) in [5.74, 6) is 0.547. The fourth-order valence-electron chi connectivity index (χ4n) is 3.35. The molecule has 0 radical (unpaired) electrons. The molecule has 0 atom stereocenters. The number of nitrogens with zero attached hydrogens (tertiary/aromatic N) is 2. The Bertz CT molecular complexity index is 1030. The summed E-state index contributed by atoms with van der Waals surface area (Å²) in [7, 11) is 0. The highest BCUT2D eigenvalue weighted by Crippen LogP contribution is 2.36. The first-order chi connectivity index (χ1) is 13.8. The van der Waals surface area contributed by atoms with Crippen LogP contribution in [0, 0.1) is 0 Å². The normalized spacial score (nSPS) is 14.1. The number of rotatable bonds is 3. The van der Waals surface area contributed by atoms with Crippen LogP contribution in [0.4, 0.5) is 19.0 Å². The van der Waals surface area contributed by atoms with Crippen molar-refractivity contribution < 1.29 is 17.9 Å². The van der Waals surface area contributed by atoms with Gasteiger partial charge >= 0.3 is 6.36 Å². The van der Waals surface area contributed by atoms with Crippen LogP contribution >= 0.6 is 23.2 Å². The molecule has 0 amide bonds. The molecule has 4 rings (SSSR count). The lowest BCUT2D eigenvalue weighted by Gasteiger charge is -2.11. The Morgan fingerprint density at radius 2 is 1.76 bits per heavy atom. The number of anilines is 1. The van der Waals surface area contributed by atoms with Gasteiger partial charge in [-0.15, -0.1) is 13.2 Å². The Morgan fingerprint density at radius 3 is 2.45 bits per heavy atom. The monoisotopic (exact) mass is 441 g/mol. The van der Waals surface area contributed by atoms with Crippen molar-refractivity contribution in [2.24, 2.45) is 0 Å². The first-order valence-electron chi connectivity index (χ1n) is 8.99. The predicted molar refractivity (Wildman–Crippen MR) is 107 cm³/mol. The summed E-state index contributed by atoms with van der Waals surface area (Å²) in [6.07, 6.45) is -1.90. The Morgan fingerprint density at radius 1 is 1.00 bits per heavy atom.